The van der Waals surface area contributed by atoms with Crippen molar-refractivity contribution < 1.29 is 23.8 Å². The van der Waals surface area contributed by atoms with Crippen LogP contribution in [0.1, 0.15) is 12.5 Å². The minimum Gasteiger partial charge on any atom is -0.486 e. The Labute approximate surface area is 112 Å². The fourth-order valence-electron chi connectivity index (χ4n) is 1.77. The molecule has 1 aliphatic rings. The fraction of sp³-hybridized carbons (Fsp3) is 0.417. The van der Waals surface area contributed by atoms with Crippen molar-refractivity contribution in [1.82, 2.24) is 0 Å². The van der Waals surface area contributed by atoms with E-state index in [4.69, 9.17) is 14.6 Å². The minimum absolute atomic E-state index is 0.0618. The lowest BCUT2D eigenvalue weighted by Crippen LogP contribution is -2.20. The van der Waals surface area contributed by atoms with Gasteiger partial charge in [0.1, 0.15) is 19.0 Å². The molecule has 1 atom stereocenters. The van der Waals surface area contributed by atoms with Gasteiger partial charge in [0.15, 0.2) is 11.5 Å². The fourth-order valence-corrected chi connectivity index (χ4v) is 2.22. The zero-order valence-corrected chi connectivity index (χ0v) is 11.3. The predicted molar refractivity (Wildman–Crippen MR) is 65.6 cm³/mol. The second kappa shape index (κ2) is 5.14. The zero-order chi connectivity index (χ0) is 13.3. The third kappa shape index (κ3) is 2.43. The summed E-state index contributed by atoms with van der Waals surface area (Å²) in [4.78, 5) is 10.9. The molecule has 0 amide bonds. The summed E-state index contributed by atoms with van der Waals surface area (Å²) in [6, 6.07) is 1.50. The van der Waals surface area contributed by atoms with Crippen LogP contribution in [0.15, 0.2) is 10.5 Å². The molecule has 1 aromatic rings. The molecule has 4 nitrogen and oxygen atoms in total. The number of carbonyl (C=O) groups is 1. The van der Waals surface area contributed by atoms with Gasteiger partial charge in [-0.05, 0) is 22.4 Å². The maximum Gasteiger partial charge on any atom is 0.306 e. The van der Waals surface area contributed by atoms with Crippen LogP contribution in [0.4, 0.5) is 4.39 Å². The number of fused-ring (bicyclic) bond motifs is 1. The summed E-state index contributed by atoms with van der Waals surface area (Å²) in [5.74, 6) is -1.40. The normalized spacial score (nSPS) is 15.3. The number of rotatable bonds is 3. The molecule has 1 unspecified atom stereocenters. The van der Waals surface area contributed by atoms with Gasteiger partial charge in [0.2, 0.25) is 0 Å². The van der Waals surface area contributed by atoms with Gasteiger partial charge in [-0.15, -0.1) is 0 Å². The smallest absolute Gasteiger partial charge is 0.306 e. The molecule has 0 fully saturated rings. The largest absolute Gasteiger partial charge is 0.486 e. The molecular weight excluding hydrogens is 307 g/mol. The van der Waals surface area contributed by atoms with E-state index in [1.807, 2.05) is 0 Å². The van der Waals surface area contributed by atoms with Crippen LogP contribution in [0.3, 0.4) is 0 Å². The molecule has 0 bridgehead atoms. The van der Waals surface area contributed by atoms with Crippen molar-refractivity contribution in [3.8, 4) is 11.5 Å². The van der Waals surface area contributed by atoms with Gasteiger partial charge in [0.05, 0.1) is 10.4 Å². The predicted octanol–water partition coefficient (Wildman–Crippen LogP) is 2.62. The second-order valence-electron chi connectivity index (χ2n) is 4.12. The molecule has 0 radical (unpaired) electrons. The Morgan fingerprint density at radius 2 is 2.22 bits per heavy atom. The summed E-state index contributed by atoms with van der Waals surface area (Å²) in [7, 11) is 0. The van der Waals surface area contributed by atoms with E-state index in [1.54, 1.807) is 0 Å². The highest BCUT2D eigenvalue weighted by Crippen LogP contribution is 2.40. The summed E-state index contributed by atoms with van der Waals surface area (Å²) in [6.07, 6.45) is 0.0618. The van der Waals surface area contributed by atoms with E-state index >= 15 is 0 Å². The molecule has 0 saturated carbocycles. The van der Waals surface area contributed by atoms with Crippen molar-refractivity contribution >= 4 is 21.9 Å². The van der Waals surface area contributed by atoms with Crippen molar-refractivity contribution in [1.29, 1.82) is 0 Å². The first kappa shape index (κ1) is 13.1. The Bertz CT molecular complexity index is 489. The number of ether oxygens (including phenoxy) is 2. The Kier molecular flexibility index (Phi) is 3.75. The van der Waals surface area contributed by atoms with E-state index in [9.17, 15) is 9.18 Å². The molecule has 2 rings (SSSR count). The van der Waals surface area contributed by atoms with E-state index in [0.29, 0.717) is 24.7 Å². The molecule has 1 aromatic carbocycles. The van der Waals surface area contributed by atoms with Crippen molar-refractivity contribution in [2.45, 2.75) is 13.3 Å². The molecule has 1 heterocycles. The van der Waals surface area contributed by atoms with Crippen LogP contribution < -0.4 is 9.47 Å². The Hall–Kier alpha value is -1.30. The third-order valence-electron chi connectivity index (χ3n) is 2.75. The second-order valence-corrected chi connectivity index (χ2v) is 4.97. The highest BCUT2D eigenvalue weighted by Gasteiger charge is 2.25. The summed E-state index contributed by atoms with van der Waals surface area (Å²) in [5.41, 5.74) is 0.244. The Morgan fingerprint density at radius 3 is 2.89 bits per heavy atom. The van der Waals surface area contributed by atoms with Gasteiger partial charge in [-0.1, -0.05) is 6.92 Å². The molecule has 0 spiro atoms. The lowest BCUT2D eigenvalue weighted by Gasteiger charge is -2.22. The first-order chi connectivity index (χ1) is 8.50. The number of carboxylic acid groups (broad SMARTS) is 1. The number of halogens is 2. The number of carboxylic acids is 1. The Morgan fingerprint density at radius 1 is 1.56 bits per heavy atom. The lowest BCUT2D eigenvalue weighted by atomic mass is 9.99. The quantitative estimate of drug-likeness (QED) is 0.930. The Balaban J connectivity index is 2.43. The molecule has 18 heavy (non-hydrogen) atoms. The van der Waals surface area contributed by atoms with Gasteiger partial charge in [0, 0.05) is 11.6 Å². The van der Waals surface area contributed by atoms with Crippen LogP contribution in [-0.4, -0.2) is 24.3 Å². The number of hydrogen-bond donors (Lipinski definition) is 1. The maximum atomic E-state index is 14.0. The summed E-state index contributed by atoms with van der Waals surface area (Å²) >= 11 is 3.09. The van der Waals surface area contributed by atoms with Crippen LogP contribution in [0.25, 0.3) is 0 Å². The number of benzene rings is 1. The first-order valence-electron chi connectivity index (χ1n) is 5.50. The molecule has 6 heteroatoms. The van der Waals surface area contributed by atoms with Crippen molar-refractivity contribution in [2.24, 2.45) is 5.92 Å². The van der Waals surface area contributed by atoms with Crippen LogP contribution in [0, 0.1) is 11.7 Å². The first-order valence-corrected chi connectivity index (χ1v) is 6.29. The molecule has 1 aliphatic heterocycles. The third-order valence-corrected chi connectivity index (χ3v) is 3.33. The minimum atomic E-state index is -0.972. The zero-order valence-electron chi connectivity index (χ0n) is 9.70. The van der Waals surface area contributed by atoms with Gasteiger partial charge in [-0.2, -0.15) is 0 Å². The molecular formula is C12H12BrFO4. The number of hydrogen-bond acceptors (Lipinski definition) is 3. The monoisotopic (exact) mass is 318 g/mol. The van der Waals surface area contributed by atoms with Crippen molar-refractivity contribution in [3.63, 3.8) is 0 Å². The van der Waals surface area contributed by atoms with Crippen molar-refractivity contribution in [3.05, 3.63) is 21.9 Å². The molecule has 98 valence electrons. The summed E-state index contributed by atoms with van der Waals surface area (Å²) in [6.45, 7) is 2.26. The topological polar surface area (TPSA) is 55.8 Å². The SMILES string of the molecule is CC(Cc1c(F)c(Br)cc2c1OCCO2)C(=O)O. The number of aliphatic carboxylic acids is 1. The van der Waals surface area contributed by atoms with Gasteiger partial charge in [-0.3, -0.25) is 4.79 Å². The lowest BCUT2D eigenvalue weighted by molar-refractivity contribution is -0.141. The van der Waals surface area contributed by atoms with Gasteiger partial charge in [-0.25, -0.2) is 4.39 Å². The highest BCUT2D eigenvalue weighted by molar-refractivity contribution is 9.10. The van der Waals surface area contributed by atoms with Crippen LogP contribution in [0.5, 0.6) is 11.5 Å². The van der Waals surface area contributed by atoms with Crippen molar-refractivity contribution in [2.75, 3.05) is 13.2 Å². The maximum absolute atomic E-state index is 14.0. The van der Waals surface area contributed by atoms with E-state index in [0.717, 1.165) is 0 Å². The summed E-state index contributed by atoms with van der Waals surface area (Å²) < 4.78 is 25.1. The van der Waals surface area contributed by atoms with Gasteiger partial charge in [0.25, 0.3) is 0 Å². The molecule has 1 N–H and O–H groups in total. The average Bonchev–Trinajstić information content (AvgIpc) is 2.34. The van der Waals surface area contributed by atoms with Crippen LogP contribution in [-0.2, 0) is 11.2 Å². The average molecular weight is 319 g/mol. The van der Waals surface area contributed by atoms with E-state index in [-0.39, 0.29) is 16.5 Å². The molecule has 0 aliphatic carbocycles. The summed E-state index contributed by atoms with van der Waals surface area (Å²) in [5, 5.41) is 8.90. The standard InChI is InChI=1S/C12H12BrFO4/c1-6(12(15)16)4-7-10(14)8(13)5-9-11(7)18-3-2-17-9/h5-6H,2-4H2,1H3,(H,15,16). The van der Waals surface area contributed by atoms with E-state index < -0.39 is 17.7 Å². The van der Waals surface area contributed by atoms with Gasteiger partial charge < -0.3 is 14.6 Å². The van der Waals surface area contributed by atoms with Crippen LogP contribution in [0.2, 0.25) is 0 Å². The van der Waals surface area contributed by atoms with E-state index in [1.165, 1.54) is 13.0 Å². The van der Waals surface area contributed by atoms with Crippen LogP contribution >= 0.6 is 15.9 Å². The molecule has 0 aromatic heterocycles. The highest BCUT2D eigenvalue weighted by atomic mass is 79.9. The molecule has 0 saturated heterocycles. The van der Waals surface area contributed by atoms with Gasteiger partial charge >= 0.3 is 5.97 Å². The van der Waals surface area contributed by atoms with E-state index in [2.05, 4.69) is 15.9 Å².